The van der Waals surface area contributed by atoms with Crippen molar-refractivity contribution in [3.8, 4) is 0 Å². The molecule has 1 saturated heterocycles. The first kappa shape index (κ1) is 18.6. The van der Waals surface area contributed by atoms with E-state index in [4.69, 9.17) is 0 Å². The van der Waals surface area contributed by atoms with Crippen molar-refractivity contribution < 1.29 is 4.79 Å². The van der Waals surface area contributed by atoms with Crippen LogP contribution in [0.5, 0.6) is 0 Å². The Morgan fingerprint density at radius 1 is 0.800 bits per heavy atom. The monoisotopic (exact) mass is 396 g/mol. The summed E-state index contributed by atoms with van der Waals surface area (Å²) in [6.07, 6.45) is 2.82. The first-order chi connectivity index (χ1) is 14.7. The van der Waals surface area contributed by atoms with Gasteiger partial charge in [-0.1, -0.05) is 66.7 Å². The fraction of sp³-hybridized carbons (Fsp3) is 0.231. The number of hydrogen-bond donors (Lipinski definition) is 0. The van der Waals surface area contributed by atoms with Gasteiger partial charge in [0.25, 0.3) is 5.56 Å². The van der Waals surface area contributed by atoms with Crippen molar-refractivity contribution >= 4 is 11.5 Å². The molecule has 1 aromatic heterocycles. The molecule has 150 valence electrons. The molecule has 5 rings (SSSR count). The van der Waals surface area contributed by atoms with E-state index in [0.29, 0.717) is 25.6 Å². The zero-order chi connectivity index (χ0) is 20.5. The highest BCUT2D eigenvalue weighted by Crippen LogP contribution is 2.35. The number of pyridine rings is 1. The summed E-state index contributed by atoms with van der Waals surface area (Å²) in [6, 6.07) is 25.6. The van der Waals surface area contributed by atoms with Crippen molar-refractivity contribution in [3.05, 3.63) is 112 Å². The van der Waals surface area contributed by atoms with Gasteiger partial charge in [-0.3, -0.25) is 9.59 Å². The van der Waals surface area contributed by atoms with Gasteiger partial charge in [-0.2, -0.15) is 0 Å². The van der Waals surface area contributed by atoms with Crippen LogP contribution in [0.25, 0.3) is 5.57 Å². The van der Waals surface area contributed by atoms with E-state index in [1.54, 1.807) is 12.1 Å². The van der Waals surface area contributed by atoms with E-state index in [-0.39, 0.29) is 17.4 Å². The van der Waals surface area contributed by atoms with Gasteiger partial charge in [-0.15, -0.1) is 0 Å². The van der Waals surface area contributed by atoms with Crippen LogP contribution in [-0.4, -0.2) is 28.5 Å². The number of rotatable bonds is 3. The van der Waals surface area contributed by atoms with Crippen molar-refractivity contribution in [1.82, 2.24) is 9.47 Å². The van der Waals surface area contributed by atoms with Crippen LogP contribution in [0.2, 0.25) is 0 Å². The Hall–Kier alpha value is -3.40. The molecule has 2 atom stereocenters. The normalized spacial score (nSPS) is 19.7. The number of benzene rings is 2. The van der Waals surface area contributed by atoms with Crippen molar-refractivity contribution in [2.45, 2.75) is 18.9 Å². The lowest BCUT2D eigenvalue weighted by molar-refractivity contribution is -0.128. The number of amides is 1. The van der Waals surface area contributed by atoms with Gasteiger partial charge in [0.05, 0.1) is 0 Å². The average molecular weight is 396 g/mol. The Morgan fingerprint density at radius 2 is 1.47 bits per heavy atom. The van der Waals surface area contributed by atoms with Crippen LogP contribution < -0.4 is 5.56 Å². The molecule has 0 saturated carbocycles. The number of piperidine rings is 1. The van der Waals surface area contributed by atoms with Crippen LogP contribution in [-0.2, 0) is 11.3 Å². The van der Waals surface area contributed by atoms with E-state index < -0.39 is 0 Å². The largest absolute Gasteiger partial charge is 0.338 e. The number of carbonyl (C=O) groups excluding carboxylic acids is 1. The molecule has 0 N–H and O–H groups in total. The summed E-state index contributed by atoms with van der Waals surface area (Å²) in [6.45, 7) is 2.05. The zero-order valence-corrected chi connectivity index (χ0v) is 16.8. The Morgan fingerprint density at radius 3 is 2.13 bits per heavy atom. The van der Waals surface area contributed by atoms with Crippen LogP contribution in [0, 0.1) is 5.92 Å². The minimum Gasteiger partial charge on any atom is -0.338 e. The van der Waals surface area contributed by atoms with Crippen molar-refractivity contribution in [2.75, 3.05) is 13.1 Å². The molecule has 3 aromatic rings. The summed E-state index contributed by atoms with van der Waals surface area (Å²) in [5.41, 5.74) is 4.13. The van der Waals surface area contributed by atoms with E-state index in [1.165, 1.54) is 0 Å². The third-order valence-corrected chi connectivity index (χ3v) is 6.23. The smallest absolute Gasteiger partial charge is 0.250 e. The second-order valence-electron chi connectivity index (χ2n) is 8.23. The van der Waals surface area contributed by atoms with Gasteiger partial charge < -0.3 is 9.47 Å². The van der Waals surface area contributed by atoms with Gasteiger partial charge in [0.2, 0.25) is 5.91 Å². The van der Waals surface area contributed by atoms with Crippen LogP contribution in [0.4, 0.5) is 0 Å². The predicted octanol–water partition coefficient (Wildman–Crippen LogP) is 3.93. The topological polar surface area (TPSA) is 42.3 Å². The Balaban J connectivity index is 1.47. The molecular weight excluding hydrogens is 372 g/mol. The fourth-order valence-electron chi connectivity index (χ4n) is 4.86. The molecule has 2 bridgehead atoms. The number of fused-ring (bicyclic) bond motifs is 4. The van der Waals surface area contributed by atoms with Crippen LogP contribution in [0.3, 0.4) is 0 Å². The van der Waals surface area contributed by atoms with E-state index in [1.807, 2.05) is 82.3 Å². The molecule has 2 unspecified atom stereocenters. The maximum absolute atomic E-state index is 13.3. The standard InChI is InChI=1S/C26H24N2O2/c29-25-13-7-12-24-22-14-19(17-28(24)25)16-27(18-22)26(30)15-23(20-8-3-1-4-9-20)21-10-5-2-6-11-21/h1-13,15,19,22H,14,16-18H2. The molecular formula is C26H24N2O2. The molecule has 2 aliphatic heterocycles. The van der Waals surface area contributed by atoms with Crippen LogP contribution in [0.15, 0.2) is 89.7 Å². The van der Waals surface area contributed by atoms with Crippen molar-refractivity contribution in [3.63, 3.8) is 0 Å². The first-order valence-corrected chi connectivity index (χ1v) is 10.5. The summed E-state index contributed by atoms with van der Waals surface area (Å²) in [4.78, 5) is 27.6. The average Bonchev–Trinajstić information content (AvgIpc) is 2.79. The number of nitrogens with zero attached hydrogens (tertiary/aromatic N) is 2. The van der Waals surface area contributed by atoms with Crippen molar-refractivity contribution in [2.24, 2.45) is 5.92 Å². The first-order valence-electron chi connectivity index (χ1n) is 10.5. The number of likely N-dealkylation sites (tertiary alicyclic amines) is 1. The molecule has 3 heterocycles. The summed E-state index contributed by atoms with van der Waals surface area (Å²) in [7, 11) is 0. The van der Waals surface area contributed by atoms with Gasteiger partial charge in [0.1, 0.15) is 0 Å². The van der Waals surface area contributed by atoms with Crippen molar-refractivity contribution in [1.29, 1.82) is 0 Å². The lowest BCUT2D eigenvalue weighted by Crippen LogP contribution is -2.48. The SMILES string of the molecule is O=C(C=C(c1ccccc1)c1ccccc1)N1CC2CC(C1)c1cccc(=O)n1C2. The molecule has 4 heteroatoms. The summed E-state index contributed by atoms with van der Waals surface area (Å²) >= 11 is 0. The lowest BCUT2D eigenvalue weighted by Gasteiger charge is -2.42. The number of hydrogen-bond acceptors (Lipinski definition) is 2. The maximum Gasteiger partial charge on any atom is 0.250 e. The molecule has 4 nitrogen and oxygen atoms in total. The molecule has 0 spiro atoms. The highest BCUT2D eigenvalue weighted by Gasteiger charge is 2.35. The lowest BCUT2D eigenvalue weighted by atomic mass is 9.83. The fourth-order valence-corrected chi connectivity index (χ4v) is 4.86. The molecule has 0 radical (unpaired) electrons. The molecule has 2 aliphatic rings. The maximum atomic E-state index is 13.3. The highest BCUT2D eigenvalue weighted by molar-refractivity contribution is 5.99. The molecule has 2 aromatic carbocycles. The summed E-state index contributed by atoms with van der Waals surface area (Å²) in [5, 5.41) is 0. The quantitative estimate of drug-likeness (QED) is 0.630. The van der Waals surface area contributed by atoms with E-state index in [0.717, 1.165) is 28.8 Å². The third-order valence-electron chi connectivity index (χ3n) is 6.23. The van der Waals surface area contributed by atoms with E-state index >= 15 is 0 Å². The number of carbonyl (C=O) groups is 1. The molecule has 0 aliphatic carbocycles. The Labute approximate surface area is 176 Å². The van der Waals surface area contributed by atoms with Gasteiger partial charge in [0, 0.05) is 43.4 Å². The van der Waals surface area contributed by atoms with Gasteiger partial charge >= 0.3 is 0 Å². The minimum atomic E-state index is 0.0409. The molecule has 1 amide bonds. The second-order valence-corrected chi connectivity index (χ2v) is 8.23. The van der Waals surface area contributed by atoms with E-state index in [2.05, 4.69) is 0 Å². The molecule has 30 heavy (non-hydrogen) atoms. The van der Waals surface area contributed by atoms with Gasteiger partial charge in [-0.05, 0) is 35.1 Å². The van der Waals surface area contributed by atoms with E-state index in [9.17, 15) is 9.59 Å². The Kier molecular flexibility index (Phi) is 4.83. The summed E-state index contributed by atoms with van der Waals surface area (Å²) < 4.78 is 1.90. The highest BCUT2D eigenvalue weighted by atomic mass is 16.2. The Bertz CT molecular complexity index is 1110. The molecule has 1 fully saturated rings. The zero-order valence-electron chi connectivity index (χ0n) is 16.8. The minimum absolute atomic E-state index is 0.0409. The predicted molar refractivity (Wildman–Crippen MR) is 118 cm³/mol. The second kappa shape index (κ2) is 7.79. The van der Waals surface area contributed by atoms with Gasteiger partial charge in [-0.25, -0.2) is 0 Å². The number of aromatic nitrogens is 1. The third kappa shape index (κ3) is 3.50. The summed E-state index contributed by atoms with van der Waals surface area (Å²) in [5.74, 6) is 0.588. The van der Waals surface area contributed by atoms with Crippen LogP contribution >= 0.6 is 0 Å². The van der Waals surface area contributed by atoms with Crippen LogP contribution in [0.1, 0.15) is 29.2 Å². The van der Waals surface area contributed by atoms with Gasteiger partial charge in [0.15, 0.2) is 0 Å².